The van der Waals surface area contributed by atoms with Gasteiger partial charge in [-0.3, -0.25) is 9.58 Å². The molecule has 5 heteroatoms. The summed E-state index contributed by atoms with van der Waals surface area (Å²) in [4.78, 5) is 2.20. The average molecular weight is 254 g/mol. The van der Waals surface area contributed by atoms with E-state index >= 15 is 0 Å². The molecule has 0 fully saturated rings. The van der Waals surface area contributed by atoms with Crippen LogP contribution in [0, 0.1) is 0 Å². The summed E-state index contributed by atoms with van der Waals surface area (Å²) < 4.78 is 7.14. The molecule has 0 aliphatic rings. The molecular formula is C12H16ClN3O. The smallest absolute Gasteiger partial charge is 0.193 e. The van der Waals surface area contributed by atoms with Gasteiger partial charge in [0.15, 0.2) is 5.22 Å². The van der Waals surface area contributed by atoms with Crippen LogP contribution in [-0.2, 0) is 20.0 Å². The van der Waals surface area contributed by atoms with E-state index in [1.807, 2.05) is 30.2 Å². The first kappa shape index (κ1) is 12.2. The molecule has 0 spiro atoms. The first-order valence-electron chi connectivity index (χ1n) is 5.54. The SMILES string of the molecule is CN(CCc1cnn(C)c1)Cc1ccc(Cl)o1. The van der Waals surface area contributed by atoms with E-state index in [2.05, 4.69) is 17.0 Å². The maximum Gasteiger partial charge on any atom is 0.193 e. The van der Waals surface area contributed by atoms with Crippen molar-refractivity contribution in [3.05, 3.63) is 41.1 Å². The fourth-order valence-electron chi connectivity index (χ4n) is 1.70. The monoisotopic (exact) mass is 253 g/mol. The van der Waals surface area contributed by atoms with Gasteiger partial charge in [0.05, 0.1) is 12.7 Å². The van der Waals surface area contributed by atoms with Crippen LogP contribution in [0.1, 0.15) is 11.3 Å². The summed E-state index contributed by atoms with van der Waals surface area (Å²) in [6.07, 6.45) is 4.92. The Labute approximate surface area is 106 Å². The number of hydrogen-bond donors (Lipinski definition) is 0. The van der Waals surface area contributed by atoms with Gasteiger partial charge in [0, 0.05) is 19.8 Å². The van der Waals surface area contributed by atoms with Crippen molar-refractivity contribution >= 4 is 11.6 Å². The van der Waals surface area contributed by atoms with E-state index in [9.17, 15) is 0 Å². The van der Waals surface area contributed by atoms with E-state index in [-0.39, 0.29) is 0 Å². The highest BCUT2D eigenvalue weighted by atomic mass is 35.5. The van der Waals surface area contributed by atoms with Crippen LogP contribution in [-0.4, -0.2) is 28.3 Å². The summed E-state index contributed by atoms with van der Waals surface area (Å²) in [5.41, 5.74) is 1.25. The van der Waals surface area contributed by atoms with Crippen LogP contribution in [0.25, 0.3) is 0 Å². The topological polar surface area (TPSA) is 34.2 Å². The number of halogens is 1. The molecule has 17 heavy (non-hydrogen) atoms. The summed E-state index contributed by atoms with van der Waals surface area (Å²) >= 11 is 5.72. The lowest BCUT2D eigenvalue weighted by molar-refractivity contribution is 0.298. The Bertz CT molecular complexity index is 478. The Hall–Kier alpha value is -1.26. The minimum atomic E-state index is 0.445. The fraction of sp³-hybridized carbons (Fsp3) is 0.417. The predicted molar refractivity (Wildman–Crippen MR) is 67.0 cm³/mol. The van der Waals surface area contributed by atoms with Crippen molar-refractivity contribution in [1.82, 2.24) is 14.7 Å². The third-order valence-corrected chi connectivity index (χ3v) is 2.80. The van der Waals surface area contributed by atoms with E-state index in [0.29, 0.717) is 5.22 Å². The second-order valence-corrected chi connectivity index (χ2v) is 4.59. The van der Waals surface area contributed by atoms with Gasteiger partial charge in [-0.25, -0.2) is 0 Å². The Morgan fingerprint density at radius 1 is 1.47 bits per heavy atom. The molecule has 2 aromatic rings. The number of furan rings is 1. The molecule has 2 aromatic heterocycles. The number of nitrogens with zero attached hydrogens (tertiary/aromatic N) is 3. The molecule has 0 N–H and O–H groups in total. The van der Waals surface area contributed by atoms with E-state index in [1.165, 1.54) is 5.56 Å². The van der Waals surface area contributed by atoms with Crippen LogP contribution in [0.2, 0.25) is 5.22 Å². The predicted octanol–water partition coefficient (Wildman–Crippen LogP) is 2.34. The molecule has 0 aliphatic carbocycles. The zero-order valence-corrected chi connectivity index (χ0v) is 10.8. The Morgan fingerprint density at radius 2 is 2.29 bits per heavy atom. The van der Waals surface area contributed by atoms with Gasteiger partial charge in [-0.15, -0.1) is 0 Å². The summed E-state index contributed by atoms with van der Waals surface area (Å²) in [7, 11) is 3.99. The maximum atomic E-state index is 5.72. The number of hydrogen-bond acceptors (Lipinski definition) is 3. The second-order valence-electron chi connectivity index (χ2n) is 4.22. The minimum absolute atomic E-state index is 0.445. The summed E-state index contributed by atoms with van der Waals surface area (Å²) in [5.74, 6) is 0.892. The Balaban J connectivity index is 1.79. The molecule has 92 valence electrons. The lowest BCUT2D eigenvalue weighted by Gasteiger charge is -2.13. The van der Waals surface area contributed by atoms with Crippen molar-refractivity contribution in [3.8, 4) is 0 Å². The Kier molecular flexibility index (Phi) is 3.86. The van der Waals surface area contributed by atoms with E-state index in [1.54, 1.807) is 6.07 Å². The Morgan fingerprint density at radius 3 is 2.88 bits per heavy atom. The maximum absolute atomic E-state index is 5.72. The van der Waals surface area contributed by atoms with Crippen LogP contribution >= 0.6 is 11.6 Å². The standard InChI is InChI=1S/C12H16ClN3O/c1-15(9-11-3-4-12(13)17-11)6-5-10-7-14-16(2)8-10/h3-4,7-8H,5-6,9H2,1-2H3. The van der Waals surface area contributed by atoms with Gasteiger partial charge in [0.1, 0.15) is 5.76 Å². The van der Waals surface area contributed by atoms with Gasteiger partial charge >= 0.3 is 0 Å². The van der Waals surface area contributed by atoms with Crippen LogP contribution in [0.3, 0.4) is 0 Å². The quantitative estimate of drug-likeness (QED) is 0.820. The lowest BCUT2D eigenvalue weighted by Crippen LogP contribution is -2.20. The first-order chi connectivity index (χ1) is 8.13. The summed E-state index contributed by atoms with van der Waals surface area (Å²) in [6.45, 7) is 1.73. The van der Waals surface area contributed by atoms with Crippen molar-refractivity contribution in [3.63, 3.8) is 0 Å². The number of rotatable bonds is 5. The highest BCUT2D eigenvalue weighted by molar-refractivity contribution is 6.28. The minimum Gasteiger partial charge on any atom is -0.448 e. The van der Waals surface area contributed by atoms with Gasteiger partial charge in [0.25, 0.3) is 0 Å². The normalized spacial score (nSPS) is 11.3. The van der Waals surface area contributed by atoms with E-state index in [4.69, 9.17) is 16.0 Å². The van der Waals surface area contributed by atoms with Gasteiger partial charge in [0.2, 0.25) is 0 Å². The third-order valence-electron chi connectivity index (χ3n) is 2.60. The van der Waals surface area contributed by atoms with Crippen LogP contribution in [0.4, 0.5) is 0 Å². The fourth-order valence-corrected chi connectivity index (χ4v) is 1.86. The van der Waals surface area contributed by atoms with E-state index in [0.717, 1.165) is 25.3 Å². The van der Waals surface area contributed by atoms with Gasteiger partial charge in [-0.2, -0.15) is 5.10 Å². The second kappa shape index (κ2) is 5.38. The van der Waals surface area contributed by atoms with Crippen molar-refractivity contribution in [2.45, 2.75) is 13.0 Å². The molecule has 0 aromatic carbocycles. The van der Waals surface area contributed by atoms with Crippen molar-refractivity contribution in [1.29, 1.82) is 0 Å². The molecule has 0 saturated carbocycles. The molecule has 0 aliphatic heterocycles. The molecule has 0 atom stereocenters. The molecule has 2 rings (SSSR count). The van der Waals surface area contributed by atoms with Crippen LogP contribution < -0.4 is 0 Å². The zero-order chi connectivity index (χ0) is 12.3. The lowest BCUT2D eigenvalue weighted by atomic mass is 10.2. The van der Waals surface area contributed by atoms with Crippen LogP contribution in [0.5, 0.6) is 0 Å². The average Bonchev–Trinajstić information content (AvgIpc) is 2.85. The largest absolute Gasteiger partial charge is 0.448 e. The third kappa shape index (κ3) is 3.61. The van der Waals surface area contributed by atoms with Gasteiger partial charge < -0.3 is 4.42 Å². The summed E-state index contributed by atoms with van der Waals surface area (Å²) in [5, 5.41) is 4.59. The molecule has 0 amide bonds. The van der Waals surface area contributed by atoms with E-state index < -0.39 is 0 Å². The first-order valence-corrected chi connectivity index (χ1v) is 5.91. The molecule has 0 radical (unpaired) electrons. The zero-order valence-electron chi connectivity index (χ0n) is 10.1. The van der Waals surface area contributed by atoms with Crippen molar-refractivity contribution in [2.24, 2.45) is 7.05 Å². The number of aryl methyl sites for hydroxylation is 1. The highest BCUT2D eigenvalue weighted by Crippen LogP contribution is 2.14. The van der Waals surface area contributed by atoms with Crippen LogP contribution in [0.15, 0.2) is 28.9 Å². The van der Waals surface area contributed by atoms with Crippen molar-refractivity contribution < 1.29 is 4.42 Å². The molecule has 4 nitrogen and oxygen atoms in total. The molecular weight excluding hydrogens is 238 g/mol. The number of aromatic nitrogens is 2. The van der Waals surface area contributed by atoms with Crippen molar-refractivity contribution in [2.75, 3.05) is 13.6 Å². The van der Waals surface area contributed by atoms with Gasteiger partial charge in [-0.1, -0.05) is 0 Å². The number of likely N-dealkylation sites (N-methyl/N-ethyl adjacent to an activating group) is 1. The molecule has 0 unspecified atom stereocenters. The summed E-state index contributed by atoms with van der Waals surface area (Å²) in [6, 6.07) is 3.68. The molecule has 0 bridgehead atoms. The van der Waals surface area contributed by atoms with Gasteiger partial charge in [-0.05, 0) is 42.8 Å². The molecule has 0 saturated heterocycles. The molecule has 2 heterocycles. The highest BCUT2D eigenvalue weighted by Gasteiger charge is 2.05.